The van der Waals surface area contributed by atoms with Crippen molar-refractivity contribution in [3.63, 3.8) is 0 Å². The Morgan fingerprint density at radius 2 is 1.93 bits per heavy atom. The molecule has 1 aliphatic rings. The summed E-state index contributed by atoms with van der Waals surface area (Å²) in [6.45, 7) is 7.37. The Balaban J connectivity index is 2.43. The van der Waals surface area contributed by atoms with Gasteiger partial charge in [-0.2, -0.15) is 0 Å². The summed E-state index contributed by atoms with van der Waals surface area (Å²) < 4.78 is 38.0. The molecule has 29 heavy (non-hydrogen) atoms. The number of rotatable bonds is 4. The van der Waals surface area contributed by atoms with Crippen molar-refractivity contribution in [2.75, 3.05) is 51.4 Å². The molecule has 1 aromatic rings. The van der Waals surface area contributed by atoms with Crippen molar-refractivity contribution in [2.45, 2.75) is 32.9 Å². The number of sulfonamides is 1. The molecule has 0 fully saturated rings. The molecule has 1 amide bonds. The summed E-state index contributed by atoms with van der Waals surface area (Å²) in [5, 5.41) is 0. The number of hydrogen-bond donors (Lipinski definition) is 1. The van der Waals surface area contributed by atoms with Crippen LogP contribution in [-0.4, -0.2) is 82.9 Å². The zero-order valence-electron chi connectivity index (χ0n) is 18.1. The number of amides is 1. The van der Waals surface area contributed by atoms with E-state index in [1.807, 2.05) is 7.05 Å². The number of benzene rings is 1. The fourth-order valence-corrected chi connectivity index (χ4v) is 3.90. The number of likely N-dealkylation sites (N-methyl/N-ethyl adjacent to an activating group) is 2. The van der Waals surface area contributed by atoms with Crippen molar-refractivity contribution in [3.05, 3.63) is 23.8 Å². The van der Waals surface area contributed by atoms with Crippen molar-refractivity contribution in [1.82, 2.24) is 9.80 Å². The molecule has 0 bridgehead atoms. The van der Waals surface area contributed by atoms with Gasteiger partial charge in [0.1, 0.15) is 12.4 Å². The van der Waals surface area contributed by atoms with Gasteiger partial charge in [0.15, 0.2) is 0 Å². The highest BCUT2D eigenvalue weighted by molar-refractivity contribution is 7.92. The Labute approximate surface area is 174 Å². The van der Waals surface area contributed by atoms with Gasteiger partial charge in [0.25, 0.3) is 5.91 Å². The number of anilines is 1. The fraction of sp³-hybridized carbons (Fsp3) is 0.650. The highest BCUT2D eigenvalue weighted by atomic mass is 32.2. The minimum atomic E-state index is -3.45. The minimum absolute atomic E-state index is 0.0499. The van der Waals surface area contributed by atoms with Gasteiger partial charge >= 0.3 is 0 Å². The molecule has 0 saturated heterocycles. The molecule has 0 aromatic heterocycles. The molecule has 2 rings (SSSR count). The molecule has 0 aliphatic carbocycles. The van der Waals surface area contributed by atoms with Gasteiger partial charge < -0.3 is 14.4 Å². The van der Waals surface area contributed by atoms with Gasteiger partial charge in [-0.05, 0) is 45.0 Å². The van der Waals surface area contributed by atoms with Gasteiger partial charge in [0.2, 0.25) is 10.0 Å². The third-order valence-corrected chi connectivity index (χ3v) is 6.72. The number of methoxy groups -OCH3 is 1. The molecule has 0 unspecified atom stereocenters. The molecule has 8 nitrogen and oxygen atoms in total. The maximum atomic E-state index is 13.2. The SMILES string of the molecule is CCS(=O)(=O)Nc1ccc2c(c1)C(=O)N(C)C[C@H](OC)[C@@H](C)CN(C)[C@@H](C)CO2. The first-order valence-corrected chi connectivity index (χ1v) is 11.5. The minimum Gasteiger partial charge on any atom is -0.491 e. The molecule has 1 heterocycles. The quantitative estimate of drug-likeness (QED) is 0.789. The molecular formula is C20H33N3O5S. The fourth-order valence-electron chi connectivity index (χ4n) is 3.27. The zero-order chi connectivity index (χ0) is 21.8. The van der Waals surface area contributed by atoms with Gasteiger partial charge in [0, 0.05) is 39.0 Å². The normalized spacial score (nSPS) is 24.8. The van der Waals surface area contributed by atoms with E-state index in [-0.39, 0.29) is 29.7 Å². The van der Waals surface area contributed by atoms with Crippen molar-refractivity contribution in [3.8, 4) is 5.75 Å². The van der Waals surface area contributed by atoms with Crippen LogP contribution < -0.4 is 9.46 Å². The summed E-state index contributed by atoms with van der Waals surface area (Å²) in [4.78, 5) is 17.0. The second-order valence-corrected chi connectivity index (χ2v) is 9.76. The van der Waals surface area contributed by atoms with Crippen LogP contribution in [0.3, 0.4) is 0 Å². The number of carbonyl (C=O) groups excluding carboxylic acids is 1. The number of fused-ring (bicyclic) bond motifs is 1. The van der Waals surface area contributed by atoms with Crippen LogP contribution in [0.25, 0.3) is 0 Å². The predicted octanol–water partition coefficient (Wildman–Crippen LogP) is 1.88. The molecule has 0 spiro atoms. The molecule has 164 valence electrons. The topological polar surface area (TPSA) is 88.2 Å². The number of hydrogen-bond acceptors (Lipinski definition) is 6. The lowest BCUT2D eigenvalue weighted by Gasteiger charge is -2.34. The summed E-state index contributed by atoms with van der Waals surface area (Å²) in [5.41, 5.74) is 0.659. The van der Waals surface area contributed by atoms with Crippen LogP contribution in [0.4, 0.5) is 5.69 Å². The average Bonchev–Trinajstić information content (AvgIpc) is 2.68. The summed E-state index contributed by atoms with van der Waals surface area (Å²) in [6.07, 6.45) is -0.121. The molecule has 1 aromatic carbocycles. The zero-order valence-corrected chi connectivity index (χ0v) is 19.0. The van der Waals surface area contributed by atoms with Crippen molar-refractivity contribution in [2.24, 2.45) is 5.92 Å². The Morgan fingerprint density at radius 3 is 2.55 bits per heavy atom. The summed E-state index contributed by atoms with van der Waals surface area (Å²) in [7, 11) is 1.96. The van der Waals surface area contributed by atoms with Crippen molar-refractivity contribution < 1.29 is 22.7 Å². The highest BCUT2D eigenvalue weighted by Crippen LogP contribution is 2.26. The van der Waals surface area contributed by atoms with Crippen LogP contribution in [0.2, 0.25) is 0 Å². The first kappa shape index (κ1) is 23.4. The molecule has 3 atom stereocenters. The molecular weight excluding hydrogens is 394 g/mol. The predicted molar refractivity (Wildman–Crippen MR) is 114 cm³/mol. The second-order valence-electron chi connectivity index (χ2n) is 7.75. The highest BCUT2D eigenvalue weighted by Gasteiger charge is 2.27. The summed E-state index contributed by atoms with van der Waals surface area (Å²) >= 11 is 0. The van der Waals surface area contributed by atoms with E-state index < -0.39 is 10.0 Å². The van der Waals surface area contributed by atoms with E-state index in [0.717, 1.165) is 6.54 Å². The van der Waals surface area contributed by atoms with Gasteiger partial charge in [-0.3, -0.25) is 14.4 Å². The van der Waals surface area contributed by atoms with Gasteiger partial charge in [-0.15, -0.1) is 0 Å². The maximum absolute atomic E-state index is 13.2. The lowest BCUT2D eigenvalue weighted by molar-refractivity contribution is 0.0150. The number of carbonyl (C=O) groups is 1. The lowest BCUT2D eigenvalue weighted by atomic mass is 10.0. The standard InChI is InChI=1S/C20H33N3O5S/c1-7-29(25,26)21-16-8-9-18-17(10-16)20(24)23(5)12-19(27-6)14(2)11-22(4)15(3)13-28-18/h8-10,14-15,19,21H,7,11-13H2,1-6H3/t14-,15-,19-/m0/s1. The van der Waals surface area contributed by atoms with Crippen molar-refractivity contribution in [1.29, 1.82) is 0 Å². The number of nitrogens with zero attached hydrogens (tertiary/aromatic N) is 2. The van der Waals surface area contributed by atoms with E-state index in [1.54, 1.807) is 38.1 Å². The number of nitrogens with one attached hydrogen (secondary N) is 1. The molecule has 9 heteroatoms. The van der Waals surface area contributed by atoms with Gasteiger partial charge in [-0.1, -0.05) is 6.92 Å². The van der Waals surface area contributed by atoms with Crippen LogP contribution in [0.15, 0.2) is 18.2 Å². The van der Waals surface area contributed by atoms with E-state index in [9.17, 15) is 13.2 Å². The van der Waals surface area contributed by atoms with Gasteiger partial charge in [0.05, 0.1) is 17.4 Å². The summed E-state index contributed by atoms with van der Waals surface area (Å²) in [5.74, 6) is 0.355. The van der Waals surface area contributed by atoms with Crippen LogP contribution in [0, 0.1) is 5.92 Å². The van der Waals surface area contributed by atoms with Crippen LogP contribution in [0.1, 0.15) is 31.1 Å². The molecule has 1 N–H and O–H groups in total. The average molecular weight is 428 g/mol. The van der Waals surface area contributed by atoms with E-state index in [4.69, 9.17) is 9.47 Å². The molecule has 0 radical (unpaired) electrons. The number of ether oxygens (including phenoxy) is 2. The maximum Gasteiger partial charge on any atom is 0.257 e. The first-order valence-electron chi connectivity index (χ1n) is 9.83. The lowest BCUT2D eigenvalue weighted by Crippen LogP contribution is -2.45. The Morgan fingerprint density at radius 1 is 1.24 bits per heavy atom. The Hall–Kier alpha value is -1.84. The third kappa shape index (κ3) is 6.07. The molecule has 1 aliphatic heterocycles. The summed E-state index contributed by atoms with van der Waals surface area (Å²) in [6, 6.07) is 4.92. The Kier molecular flexibility index (Phi) is 7.90. The van der Waals surface area contributed by atoms with Gasteiger partial charge in [-0.25, -0.2) is 8.42 Å². The van der Waals surface area contributed by atoms with Crippen LogP contribution in [0.5, 0.6) is 5.75 Å². The van der Waals surface area contributed by atoms with E-state index in [0.29, 0.717) is 30.2 Å². The van der Waals surface area contributed by atoms with E-state index >= 15 is 0 Å². The van der Waals surface area contributed by atoms with E-state index in [2.05, 4.69) is 23.5 Å². The Bertz CT molecular complexity index is 814. The van der Waals surface area contributed by atoms with Crippen molar-refractivity contribution >= 4 is 21.6 Å². The van der Waals surface area contributed by atoms with Crippen LogP contribution in [-0.2, 0) is 14.8 Å². The molecule has 0 saturated carbocycles. The largest absolute Gasteiger partial charge is 0.491 e. The smallest absolute Gasteiger partial charge is 0.257 e. The monoisotopic (exact) mass is 427 g/mol. The third-order valence-electron chi connectivity index (χ3n) is 5.41. The van der Waals surface area contributed by atoms with Crippen LogP contribution >= 0.6 is 0 Å². The first-order chi connectivity index (χ1) is 13.6. The second kappa shape index (κ2) is 9.77. The van der Waals surface area contributed by atoms with E-state index in [1.165, 1.54) is 6.07 Å².